The topological polar surface area (TPSA) is 87.5 Å². The normalized spacial score (nSPS) is 15.5. The Hall–Kier alpha value is -3.01. The molecule has 1 amide bonds. The summed E-state index contributed by atoms with van der Waals surface area (Å²) in [5.74, 6) is -0.118. The monoisotopic (exact) mass is 453 g/mol. The first kappa shape index (κ1) is 22.2. The highest BCUT2D eigenvalue weighted by atomic mass is 32.2. The molecule has 1 aromatic heterocycles. The van der Waals surface area contributed by atoms with Gasteiger partial charge in [0.2, 0.25) is 15.9 Å². The molecule has 0 aliphatic carbocycles. The maximum Gasteiger partial charge on any atom is 0.243 e. The highest BCUT2D eigenvalue weighted by molar-refractivity contribution is 7.89. The Kier molecular flexibility index (Phi) is 6.69. The molecule has 0 saturated carbocycles. The molecule has 1 fully saturated rings. The summed E-state index contributed by atoms with van der Waals surface area (Å²) in [7, 11) is -3.51. The van der Waals surface area contributed by atoms with E-state index >= 15 is 0 Å². The van der Waals surface area contributed by atoms with Crippen LogP contribution in [0.4, 0.5) is 5.69 Å². The highest BCUT2D eigenvalue weighted by Crippen LogP contribution is 2.19. The second kappa shape index (κ2) is 9.64. The molecule has 1 N–H and O–H groups in total. The highest BCUT2D eigenvalue weighted by Gasteiger charge is 2.29. The van der Waals surface area contributed by atoms with Gasteiger partial charge < -0.3 is 5.32 Å². The fraction of sp³-hybridized carbons (Fsp3) is 0.304. The lowest BCUT2D eigenvalue weighted by Gasteiger charge is -2.33. The van der Waals surface area contributed by atoms with Crippen molar-refractivity contribution in [2.45, 2.75) is 18.4 Å². The average molecular weight is 454 g/mol. The molecule has 3 aromatic rings. The molecule has 9 heteroatoms. The number of sulfonamides is 1. The van der Waals surface area contributed by atoms with Crippen molar-refractivity contribution in [3.8, 4) is 0 Å². The van der Waals surface area contributed by atoms with Gasteiger partial charge in [-0.15, -0.1) is 0 Å². The summed E-state index contributed by atoms with van der Waals surface area (Å²) in [6.45, 7) is 4.45. The lowest BCUT2D eigenvalue weighted by molar-refractivity contribution is -0.117. The van der Waals surface area contributed by atoms with E-state index in [0.29, 0.717) is 37.6 Å². The Labute approximate surface area is 188 Å². The summed E-state index contributed by atoms with van der Waals surface area (Å²) < 4.78 is 29.0. The molecular weight excluding hydrogens is 426 g/mol. The Morgan fingerprint density at radius 3 is 2.41 bits per heavy atom. The molecule has 168 valence electrons. The fourth-order valence-corrected chi connectivity index (χ4v) is 5.15. The molecule has 0 bridgehead atoms. The zero-order chi connectivity index (χ0) is 22.6. The Bertz CT molecular complexity index is 1150. The van der Waals surface area contributed by atoms with Crippen LogP contribution in [0.5, 0.6) is 0 Å². The van der Waals surface area contributed by atoms with Gasteiger partial charge in [-0.1, -0.05) is 35.9 Å². The molecule has 0 spiro atoms. The minimum atomic E-state index is -3.51. The number of hydrogen-bond donors (Lipinski definition) is 1. The summed E-state index contributed by atoms with van der Waals surface area (Å²) in [6, 6.07) is 16.4. The number of carbonyl (C=O) groups excluding carboxylic acids is 1. The molecule has 1 saturated heterocycles. The van der Waals surface area contributed by atoms with Crippen LogP contribution >= 0.6 is 0 Å². The van der Waals surface area contributed by atoms with E-state index in [4.69, 9.17) is 0 Å². The Balaban J connectivity index is 1.32. The smallest absolute Gasteiger partial charge is 0.243 e. The zero-order valence-electron chi connectivity index (χ0n) is 18.0. The van der Waals surface area contributed by atoms with Gasteiger partial charge in [0.15, 0.2) is 0 Å². The number of anilines is 1. The number of aromatic nitrogens is 2. The fourth-order valence-electron chi connectivity index (χ4n) is 3.73. The third kappa shape index (κ3) is 5.24. The number of nitrogens with one attached hydrogen (secondary N) is 1. The first-order chi connectivity index (χ1) is 15.4. The van der Waals surface area contributed by atoms with E-state index in [1.54, 1.807) is 35.1 Å². The molecule has 0 unspecified atom stereocenters. The SMILES string of the molecule is Cc1ccc(S(=O)(=O)N2CCN(CC(=O)Nc3ccccc3Cn3cccn3)CC2)cc1. The average Bonchev–Trinajstić information content (AvgIpc) is 3.29. The number of piperazine rings is 1. The number of nitrogens with zero attached hydrogens (tertiary/aromatic N) is 4. The van der Waals surface area contributed by atoms with Crippen LogP contribution in [0.2, 0.25) is 0 Å². The third-order valence-corrected chi connectivity index (χ3v) is 7.45. The van der Waals surface area contributed by atoms with E-state index in [9.17, 15) is 13.2 Å². The number of para-hydroxylation sites is 1. The van der Waals surface area contributed by atoms with Crippen molar-refractivity contribution in [1.29, 1.82) is 0 Å². The van der Waals surface area contributed by atoms with Gasteiger partial charge in [-0.3, -0.25) is 14.4 Å². The second-order valence-corrected chi connectivity index (χ2v) is 9.84. The van der Waals surface area contributed by atoms with E-state index < -0.39 is 10.0 Å². The van der Waals surface area contributed by atoms with E-state index in [1.165, 1.54) is 4.31 Å². The summed E-state index contributed by atoms with van der Waals surface area (Å²) in [6.07, 6.45) is 3.60. The van der Waals surface area contributed by atoms with Gasteiger partial charge in [-0.05, 0) is 36.8 Å². The number of amides is 1. The number of hydrogen-bond acceptors (Lipinski definition) is 5. The first-order valence-electron chi connectivity index (χ1n) is 10.6. The minimum Gasteiger partial charge on any atom is -0.325 e. The van der Waals surface area contributed by atoms with Gasteiger partial charge >= 0.3 is 0 Å². The summed E-state index contributed by atoms with van der Waals surface area (Å²) in [5, 5.41) is 7.21. The van der Waals surface area contributed by atoms with E-state index in [0.717, 1.165) is 16.8 Å². The summed E-state index contributed by atoms with van der Waals surface area (Å²) >= 11 is 0. The molecule has 1 aliphatic heterocycles. The molecule has 0 atom stereocenters. The van der Waals surface area contributed by atoms with E-state index in [2.05, 4.69) is 10.4 Å². The van der Waals surface area contributed by atoms with Crippen molar-refractivity contribution in [1.82, 2.24) is 19.0 Å². The number of benzene rings is 2. The van der Waals surface area contributed by atoms with Crippen LogP contribution in [0.3, 0.4) is 0 Å². The quantitative estimate of drug-likeness (QED) is 0.593. The first-order valence-corrected chi connectivity index (χ1v) is 12.0. The maximum atomic E-state index is 12.9. The Morgan fingerprint density at radius 2 is 1.72 bits per heavy atom. The predicted molar refractivity (Wildman–Crippen MR) is 123 cm³/mol. The lowest BCUT2D eigenvalue weighted by Crippen LogP contribution is -2.50. The number of aryl methyl sites for hydroxylation is 1. The van der Waals surface area contributed by atoms with Gasteiger partial charge in [0.1, 0.15) is 0 Å². The number of carbonyl (C=O) groups is 1. The molecule has 8 nitrogen and oxygen atoms in total. The summed E-state index contributed by atoms with van der Waals surface area (Å²) in [4.78, 5) is 14.9. The van der Waals surface area contributed by atoms with Crippen molar-refractivity contribution in [2.24, 2.45) is 0 Å². The van der Waals surface area contributed by atoms with Crippen LogP contribution in [0.25, 0.3) is 0 Å². The predicted octanol–water partition coefficient (Wildman–Crippen LogP) is 2.18. The van der Waals surface area contributed by atoms with Crippen LogP contribution < -0.4 is 5.32 Å². The molecule has 4 rings (SSSR count). The van der Waals surface area contributed by atoms with Gasteiger partial charge in [-0.2, -0.15) is 9.40 Å². The van der Waals surface area contributed by atoms with Crippen LogP contribution in [0.15, 0.2) is 71.9 Å². The molecular formula is C23H27N5O3S. The van der Waals surface area contributed by atoms with Crippen molar-refractivity contribution >= 4 is 21.6 Å². The van der Waals surface area contributed by atoms with Crippen molar-refractivity contribution < 1.29 is 13.2 Å². The Morgan fingerprint density at radius 1 is 1.00 bits per heavy atom. The number of rotatable bonds is 7. The van der Waals surface area contributed by atoms with Crippen molar-refractivity contribution in [3.05, 3.63) is 78.1 Å². The van der Waals surface area contributed by atoms with Crippen LogP contribution in [0.1, 0.15) is 11.1 Å². The van der Waals surface area contributed by atoms with Crippen LogP contribution in [0, 0.1) is 6.92 Å². The van der Waals surface area contributed by atoms with Gasteiger partial charge in [0, 0.05) is 44.3 Å². The third-order valence-electron chi connectivity index (χ3n) is 5.54. The molecule has 2 aromatic carbocycles. The zero-order valence-corrected chi connectivity index (χ0v) is 18.8. The molecule has 0 radical (unpaired) electrons. The molecule has 32 heavy (non-hydrogen) atoms. The van der Waals surface area contributed by atoms with Crippen LogP contribution in [-0.2, 0) is 21.4 Å². The second-order valence-electron chi connectivity index (χ2n) is 7.90. The maximum absolute atomic E-state index is 12.9. The van der Waals surface area contributed by atoms with Gasteiger partial charge in [0.05, 0.1) is 18.0 Å². The lowest BCUT2D eigenvalue weighted by atomic mass is 10.1. The largest absolute Gasteiger partial charge is 0.325 e. The van der Waals surface area contributed by atoms with Crippen molar-refractivity contribution in [3.63, 3.8) is 0 Å². The van der Waals surface area contributed by atoms with E-state index in [-0.39, 0.29) is 12.5 Å². The van der Waals surface area contributed by atoms with Crippen molar-refractivity contribution in [2.75, 3.05) is 38.0 Å². The standard InChI is InChI=1S/C23H27N5O3S/c1-19-7-9-21(10-8-19)32(30,31)28-15-13-26(14-16-28)18-23(29)25-22-6-3-2-5-20(22)17-27-12-4-11-24-27/h2-12H,13-18H2,1H3,(H,25,29). The van der Waals surface area contributed by atoms with Crippen LogP contribution in [-0.4, -0.2) is 66.0 Å². The van der Waals surface area contributed by atoms with Gasteiger partial charge in [-0.25, -0.2) is 8.42 Å². The minimum absolute atomic E-state index is 0.118. The molecule has 2 heterocycles. The van der Waals surface area contributed by atoms with E-state index in [1.807, 2.05) is 48.4 Å². The summed E-state index contributed by atoms with van der Waals surface area (Å²) in [5.41, 5.74) is 2.75. The van der Waals surface area contributed by atoms with Gasteiger partial charge in [0.25, 0.3) is 0 Å². The molecule has 1 aliphatic rings.